The van der Waals surface area contributed by atoms with E-state index in [1.54, 1.807) is 0 Å². The summed E-state index contributed by atoms with van der Waals surface area (Å²) in [6, 6.07) is 62.5. The second kappa shape index (κ2) is 12.6. The van der Waals surface area contributed by atoms with Crippen LogP contribution in [0.3, 0.4) is 0 Å². The molecule has 2 aromatic heterocycles. The first-order chi connectivity index (χ1) is 24.3. The number of aromatic nitrogens is 3. The van der Waals surface area contributed by atoms with Gasteiger partial charge in [0, 0.05) is 0 Å². The van der Waals surface area contributed by atoms with Crippen molar-refractivity contribution < 1.29 is 0 Å². The van der Waals surface area contributed by atoms with Crippen LogP contribution < -0.4 is 0 Å². The molecule has 0 fully saturated rings. The molecule has 49 heavy (non-hydrogen) atoms. The van der Waals surface area contributed by atoms with E-state index in [4.69, 9.17) is 5.10 Å². The molecule has 2 heterocycles. The zero-order valence-corrected chi connectivity index (χ0v) is 28.2. The number of nitrogens with zero attached hydrogens (tertiary/aromatic N) is 3. The molecule has 0 aliphatic rings. The van der Waals surface area contributed by atoms with Crippen molar-refractivity contribution in [3.05, 3.63) is 176 Å². The van der Waals surface area contributed by atoms with E-state index < -0.39 is 0 Å². The van der Waals surface area contributed by atoms with Gasteiger partial charge in [-0.05, 0) is 0 Å². The van der Waals surface area contributed by atoms with Crippen molar-refractivity contribution >= 4 is 33.8 Å². The van der Waals surface area contributed by atoms with Crippen LogP contribution in [-0.2, 0) is 0 Å². The average Bonchev–Trinajstić information content (AvgIpc) is 3.57. The van der Waals surface area contributed by atoms with Gasteiger partial charge >= 0.3 is 292 Å². The fraction of sp³-hybridized carbons (Fsp3) is 0. The van der Waals surface area contributed by atoms with Gasteiger partial charge in [0.25, 0.3) is 0 Å². The van der Waals surface area contributed by atoms with Gasteiger partial charge in [0.05, 0.1) is 0 Å². The van der Waals surface area contributed by atoms with E-state index in [2.05, 4.69) is 162 Å². The third-order valence-corrected chi connectivity index (χ3v) is 11.5. The van der Waals surface area contributed by atoms with E-state index in [0.29, 0.717) is 0 Å². The van der Waals surface area contributed by atoms with E-state index in [1.807, 2.05) is 24.3 Å². The van der Waals surface area contributed by atoms with E-state index in [-0.39, 0.29) is 14.5 Å². The number of fused-ring (bicyclic) bond motifs is 3. The van der Waals surface area contributed by atoms with Gasteiger partial charge < -0.3 is 0 Å². The maximum absolute atomic E-state index is 4.92. The van der Waals surface area contributed by atoms with Gasteiger partial charge in [-0.15, -0.1) is 0 Å². The van der Waals surface area contributed by atoms with Gasteiger partial charge in [0.2, 0.25) is 0 Å². The molecule has 0 aliphatic heterocycles. The van der Waals surface area contributed by atoms with Crippen LogP contribution in [0, 0.1) is 0 Å². The summed E-state index contributed by atoms with van der Waals surface area (Å²) in [5, 5.41) is 16.7. The zero-order valence-electron chi connectivity index (χ0n) is 26.5. The molecule has 9 aromatic rings. The first-order valence-corrected chi connectivity index (χ1v) is 18.1. The summed E-state index contributed by atoms with van der Waals surface area (Å²) in [6.45, 7) is 0. The summed E-state index contributed by atoms with van der Waals surface area (Å²) >= 11 is 0.198. The van der Waals surface area contributed by atoms with Crippen molar-refractivity contribution in [1.82, 2.24) is 15.4 Å². The molecule has 0 amide bonds. The van der Waals surface area contributed by atoms with Crippen LogP contribution >= 0.6 is 0 Å². The second-order valence-corrected chi connectivity index (χ2v) is 14.3. The minimum absolute atomic E-state index is 0.198. The normalized spacial score (nSPS) is 11.3. The Bertz CT molecular complexity index is 2580. The van der Waals surface area contributed by atoms with Crippen LogP contribution in [0.5, 0.6) is 0 Å². The standard InChI is InChI=1S/C45H29N3Se/c1-5-16-30(17-6-1)34-25-15-26-37(45-40(32-20-9-3-10-21-32)44(46-48-47-45)33-22-11-4-12-23-33)41(34)43-35(31-18-7-2-8-19-31)28-29-39-42(43)36-24-13-14-27-38(36)49-39/h1-29H. The van der Waals surface area contributed by atoms with Crippen LogP contribution in [0.15, 0.2) is 176 Å². The van der Waals surface area contributed by atoms with Gasteiger partial charge in [0.15, 0.2) is 0 Å². The fourth-order valence-corrected chi connectivity index (χ4v) is 9.34. The average molecular weight is 691 g/mol. The molecule has 0 saturated heterocycles. The summed E-state index contributed by atoms with van der Waals surface area (Å²) < 4.78 is 2.81. The van der Waals surface area contributed by atoms with Crippen LogP contribution in [0.2, 0.25) is 0 Å². The molecule has 0 N–H and O–H groups in total. The Morgan fingerprint density at radius 1 is 0.327 bits per heavy atom. The predicted octanol–water partition coefficient (Wildman–Crippen LogP) is 11.2. The van der Waals surface area contributed by atoms with E-state index >= 15 is 0 Å². The first-order valence-electron chi connectivity index (χ1n) is 16.4. The predicted molar refractivity (Wildman–Crippen MR) is 204 cm³/mol. The third-order valence-electron chi connectivity index (χ3n) is 9.16. The summed E-state index contributed by atoms with van der Waals surface area (Å²) in [5.41, 5.74) is 12.7. The van der Waals surface area contributed by atoms with Crippen molar-refractivity contribution in [3.63, 3.8) is 0 Å². The van der Waals surface area contributed by atoms with Gasteiger partial charge in [-0.3, -0.25) is 0 Å². The SMILES string of the molecule is c1ccc(-c2cccc(-c3nnnc(-c4ccccc4)c3-c3ccccc3)c2-c2c(-c3ccccc3)ccc3[se]c4ccccc4c23)cc1. The Labute approximate surface area is 290 Å². The molecule has 9 rings (SSSR count). The molecule has 0 radical (unpaired) electrons. The molecule has 7 aromatic carbocycles. The third kappa shape index (κ3) is 5.19. The van der Waals surface area contributed by atoms with Crippen molar-refractivity contribution in [1.29, 1.82) is 0 Å². The van der Waals surface area contributed by atoms with Crippen LogP contribution in [0.25, 0.3) is 86.3 Å². The molecular weight excluding hydrogens is 661 g/mol. The molecule has 0 aliphatic carbocycles. The summed E-state index contributed by atoms with van der Waals surface area (Å²) in [6.07, 6.45) is 0. The Morgan fingerprint density at radius 3 is 1.53 bits per heavy atom. The molecule has 230 valence electrons. The summed E-state index contributed by atoms with van der Waals surface area (Å²) in [5.74, 6) is 0. The van der Waals surface area contributed by atoms with E-state index in [1.165, 1.54) is 36.0 Å². The number of rotatable bonds is 6. The molecular formula is C45H29N3Se. The van der Waals surface area contributed by atoms with Crippen molar-refractivity contribution in [3.8, 4) is 67.0 Å². The van der Waals surface area contributed by atoms with Gasteiger partial charge in [-0.1, -0.05) is 0 Å². The van der Waals surface area contributed by atoms with E-state index in [9.17, 15) is 0 Å². The van der Waals surface area contributed by atoms with Gasteiger partial charge in [0.1, 0.15) is 0 Å². The molecule has 0 saturated carbocycles. The Kier molecular flexibility index (Phi) is 7.51. The minimum atomic E-state index is 0.198. The maximum atomic E-state index is 4.92. The topological polar surface area (TPSA) is 38.7 Å². The molecule has 0 atom stereocenters. The van der Waals surface area contributed by atoms with Crippen LogP contribution in [0.4, 0.5) is 0 Å². The fourth-order valence-electron chi connectivity index (χ4n) is 7.00. The molecule has 0 unspecified atom stereocenters. The van der Waals surface area contributed by atoms with Crippen molar-refractivity contribution in [2.45, 2.75) is 0 Å². The molecule has 0 bridgehead atoms. The van der Waals surface area contributed by atoms with Crippen LogP contribution in [-0.4, -0.2) is 29.9 Å². The summed E-state index contributed by atoms with van der Waals surface area (Å²) in [7, 11) is 0. The number of benzene rings is 7. The van der Waals surface area contributed by atoms with Crippen LogP contribution in [0.1, 0.15) is 0 Å². The number of hydrogen-bond acceptors (Lipinski definition) is 3. The Hall–Kier alpha value is -5.93. The van der Waals surface area contributed by atoms with Crippen molar-refractivity contribution in [2.75, 3.05) is 0 Å². The Morgan fingerprint density at radius 2 is 0.857 bits per heavy atom. The number of hydrogen-bond donors (Lipinski definition) is 0. The molecule has 3 nitrogen and oxygen atoms in total. The second-order valence-electron chi connectivity index (χ2n) is 12.0. The van der Waals surface area contributed by atoms with E-state index in [0.717, 1.165) is 50.3 Å². The quantitative estimate of drug-likeness (QED) is 0.163. The zero-order chi connectivity index (χ0) is 32.6. The first kappa shape index (κ1) is 29.2. The monoisotopic (exact) mass is 691 g/mol. The summed E-state index contributed by atoms with van der Waals surface area (Å²) in [4.78, 5) is 0. The molecule has 0 spiro atoms. The van der Waals surface area contributed by atoms with Crippen molar-refractivity contribution in [2.24, 2.45) is 0 Å². The van der Waals surface area contributed by atoms with Gasteiger partial charge in [-0.25, -0.2) is 0 Å². The van der Waals surface area contributed by atoms with Gasteiger partial charge in [-0.2, -0.15) is 0 Å². The Balaban J connectivity index is 1.47. The molecule has 4 heteroatoms.